The normalized spacial score (nSPS) is 9.90. The topological polar surface area (TPSA) is 145 Å². The molecule has 0 aliphatic carbocycles. The Labute approximate surface area is 114 Å². The zero-order valence-corrected chi connectivity index (χ0v) is 11.0. The van der Waals surface area contributed by atoms with Gasteiger partial charge in [0.1, 0.15) is 6.33 Å². The predicted molar refractivity (Wildman–Crippen MR) is 70.9 cm³/mol. The first-order valence-electron chi connectivity index (χ1n) is 5.95. The maximum atomic E-state index is 11.1. The summed E-state index contributed by atoms with van der Waals surface area (Å²) in [5, 5.41) is 13.7. The smallest absolute Gasteiger partial charge is 0.354 e. The SMILES string of the molecule is CCOC(=O)CCCNc1ncnc(NN)c1[N+](=O)[O-]. The van der Waals surface area contributed by atoms with Gasteiger partial charge >= 0.3 is 11.7 Å². The van der Waals surface area contributed by atoms with Crippen LogP contribution in [0.25, 0.3) is 0 Å². The van der Waals surface area contributed by atoms with Crippen molar-refractivity contribution in [2.24, 2.45) is 5.84 Å². The highest BCUT2D eigenvalue weighted by Gasteiger charge is 2.21. The number of nitrogens with zero attached hydrogens (tertiary/aromatic N) is 3. The first-order chi connectivity index (χ1) is 9.60. The van der Waals surface area contributed by atoms with E-state index in [9.17, 15) is 14.9 Å². The summed E-state index contributed by atoms with van der Waals surface area (Å²) in [4.78, 5) is 28.9. The third kappa shape index (κ3) is 4.31. The lowest BCUT2D eigenvalue weighted by atomic mass is 10.3. The molecule has 0 bridgehead atoms. The number of nitrogens with two attached hydrogens (primary N) is 1. The Hall–Kier alpha value is -2.49. The molecule has 1 rings (SSSR count). The van der Waals surface area contributed by atoms with Crippen LogP contribution >= 0.6 is 0 Å². The summed E-state index contributed by atoms with van der Waals surface area (Å²) in [6.45, 7) is 2.39. The number of hydrogen-bond donors (Lipinski definition) is 3. The average Bonchev–Trinajstić information content (AvgIpc) is 2.43. The second kappa shape index (κ2) is 7.84. The van der Waals surface area contributed by atoms with Gasteiger partial charge in [-0.25, -0.2) is 15.8 Å². The molecule has 0 fully saturated rings. The van der Waals surface area contributed by atoms with E-state index in [2.05, 4.69) is 20.7 Å². The molecule has 10 nitrogen and oxygen atoms in total. The average molecular weight is 284 g/mol. The van der Waals surface area contributed by atoms with E-state index in [1.807, 2.05) is 0 Å². The summed E-state index contributed by atoms with van der Waals surface area (Å²) in [5.41, 5.74) is 1.79. The van der Waals surface area contributed by atoms with Crippen LogP contribution in [0.15, 0.2) is 6.33 Å². The van der Waals surface area contributed by atoms with Crippen molar-refractivity contribution >= 4 is 23.3 Å². The summed E-state index contributed by atoms with van der Waals surface area (Å²) in [7, 11) is 0. The lowest BCUT2D eigenvalue weighted by molar-refractivity contribution is -0.383. The van der Waals surface area contributed by atoms with Crippen LogP contribution in [-0.4, -0.2) is 34.0 Å². The van der Waals surface area contributed by atoms with Crippen LogP contribution in [0.1, 0.15) is 19.8 Å². The van der Waals surface area contributed by atoms with E-state index in [1.54, 1.807) is 6.92 Å². The molecule has 0 aliphatic heterocycles. The highest BCUT2D eigenvalue weighted by Crippen LogP contribution is 2.27. The summed E-state index contributed by atoms with van der Waals surface area (Å²) in [6, 6.07) is 0. The minimum atomic E-state index is -0.636. The molecule has 110 valence electrons. The molecule has 10 heteroatoms. The maximum Gasteiger partial charge on any atom is 0.354 e. The number of carbonyl (C=O) groups excluding carboxylic acids is 1. The van der Waals surface area contributed by atoms with Crippen molar-refractivity contribution in [2.45, 2.75) is 19.8 Å². The molecular formula is C10H16N6O4. The van der Waals surface area contributed by atoms with Crippen molar-refractivity contribution in [1.82, 2.24) is 9.97 Å². The molecule has 0 unspecified atom stereocenters. The highest BCUT2D eigenvalue weighted by atomic mass is 16.6. The van der Waals surface area contributed by atoms with Gasteiger partial charge < -0.3 is 15.5 Å². The summed E-state index contributed by atoms with van der Waals surface area (Å²) in [5.74, 6) is 4.80. The number of hydrogen-bond acceptors (Lipinski definition) is 9. The number of ether oxygens (including phenoxy) is 1. The Bertz CT molecular complexity index is 481. The fraction of sp³-hybridized carbons (Fsp3) is 0.500. The van der Waals surface area contributed by atoms with Crippen molar-refractivity contribution < 1.29 is 14.5 Å². The van der Waals surface area contributed by atoms with Crippen LogP contribution in [-0.2, 0) is 9.53 Å². The monoisotopic (exact) mass is 284 g/mol. The van der Waals surface area contributed by atoms with Crippen LogP contribution in [0.2, 0.25) is 0 Å². The summed E-state index contributed by atoms with van der Waals surface area (Å²) >= 11 is 0. The molecule has 0 aromatic carbocycles. The van der Waals surface area contributed by atoms with Crippen LogP contribution < -0.4 is 16.6 Å². The zero-order chi connectivity index (χ0) is 15.0. The lowest BCUT2D eigenvalue weighted by Gasteiger charge is -2.07. The number of nitrogen functional groups attached to an aromatic ring is 1. The highest BCUT2D eigenvalue weighted by molar-refractivity contribution is 5.70. The summed E-state index contributed by atoms with van der Waals surface area (Å²) < 4.78 is 4.77. The van der Waals surface area contributed by atoms with Gasteiger partial charge in [0.25, 0.3) is 0 Å². The molecular weight excluding hydrogens is 268 g/mol. The third-order valence-electron chi connectivity index (χ3n) is 2.30. The van der Waals surface area contributed by atoms with Gasteiger partial charge in [0.15, 0.2) is 0 Å². The molecule has 1 aromatic rings. The van der Waals surface area contributed by atoms with Gasteiger partial charge in [-0.15, -0.1) is 0 Å². The molecule has 1 aromatic heterocycles. The van der Waals surface area contributed by atoms with Gasteiger partial charge in [-0.05, 0) is 13.3 Å². The van der Waals surface area contributed by atoms with Gasteiger partial charge in [0.2, 0.25) is 11.6 Å². The second-order valence-corrected chi connectivity index (χ2v) is 3.66. The molecule has 0 saturated heterocycles. The van der Waals surface area contributed by atoms with E-state index in [0.29, 0.717) is 19.6 Å². The van der Waals surface area contributed by atoms with Crippen molar-refractivity contribution in [3.05, 3.63) is 16.4 Å². The number of esters is 1. The Morgan fingerprint density at radius 3 is 2.80 bits per heavy atom. The number of carbonyl (C=O) groups is 1. The molecule has 20 heavy (non-hydrogen) atoms. The van der Waals surface area contributed by atoms with Crippen molar-refractivity contribution in [1.29, 1.82) is 0 Å². The number of nitrogens with one attached hydrogen (secondary N) is 2. The van der Waals surface area contributed by atoms with Gasteiger partial charge in [-0.3, -0.25) is 14.9 Å². The lowest BCUT2D eigenvalue weighted by Crippen LogP contribution is -2.14. The Morgan fingerprint density at radius 1 is 1.50 bits per heavy atom. The van der Waals surface area contributed by atoms with Gasteiger partial charge in [0.05, 0.1) is 11.5 Å². The number of anilines is 2. The van der Waals surface area contributed by atoms with Crippen molar-refractivity contribution in [2.75, 3.05) is 23.9 Å². The van der Waals surface area contributed by atoms with Crippen molar-refractivity contribution in [3.8, 4) is 0 Å². The van der Waals surface area contributed by atoms with Crippen molar-refractivity contribution in [3.63, 3.8) is 0 Å². The van der Waals surface area contributed by atoms with E-state index in [0.717, 1.165) is 6.33 Å². The number of nitro groups is 1. The second-order valence-electron chi connectivity index (χ2n) is 3.66. The van der Waals surface area contributed by atoms with Crippen LogP contribution in [0.4, 0.5) is 17.3 Å². The molecule has 0 atom stereocenters. The first-order valence-corrected chi connectivity index (χ1v) is 5.95. The number of aromatic nitrogens is 2. The van der Waals surface area contributed by atoms with E-state index < -0.39 is 4.92 Å². The predicted octanol–water partition coefficient (Wildman–Crippen LogP) is 0.426. The minimum absolute atomic E-state index is 0.0433. The molecule has 0 saturated carbocycles. The van der Waals surface area contributed by atoms with Crippen LogP contribution in [0.3, 0.4) is 0 Å². The maximum absolute atomic E-state index is 11.1. The molecule has 4 N–H and O–H groups in total. The van der Waals surface area contributed by atoms with Gasteiger partial charge in [0, 0.05) is 13.0 Å². The van der Waals surface area contributed by atoms with Gasteiger partial charge in [-0.1, -0.05) is 0 Å². The van der Waals surface area contributed by atoms with Crippen LogP contribution in [0.5, 0.6) is 0 Å². The quantitative estimate of drug-likeness (QED) is 0.203. The zero-order valence-electron chi connectivity index (χ0n) is 11.0. The van der Waals surface area contributed by atoms with E-state index >= 15 is 0 Å². The molecule has 1 heterocycles. The first kappa shape index (κ1) is 15.6. The number of hydrazine groups is 1. The molecule has 0 spiro atoms. The fourth-order valence-corrected chi connectivity index (χ4v) is 1.46. The Kier molecular flexibility index (Phi) is 6.10. The summed E-state index contributed by atoms with van der Waals surface area (Å²) in [6.07, 6.45) is 1.84. The standard InChI is InChI=1S/C10H16N6O4/c1-2-20-7(17)4-3-5-12-9-8(16(18)19)10(15-11)14-6-13-9/h6H,2-5,11H2,1H3,(H2,12,13,14,15). The molecule has 0 amide bonds. The van der Waals surface area contributed by atoms with E-state index in [-0.39, 0.29) is 29.7 Å². The van der Waals surface area contributed by atoms with E-state index in [1.165, 1.54) is 0 Å². The Morgan fingerprint density at radius 2 is 2.20 bits per heavy atom. The van der Waals surface area contributed by atoms with E-state index in [4.69, 9.17) is 10.6 Å². The largest absolute Gasteiger partial charge is 0.466 e. The Balaban J connectivity index is 2.60. The fourth-order valence-electron chi connectivity index (χ4n) is 1.46. The van der Waals surface area contributed by atoms with Crippen LogP contribution in [0, 0.1) is 10.1 Å². The molecule has 0 aliphatic rings. The van der Waals surface area contributed by atoms with Gasteiger partial charge in [-0.2, -0.15) is 0 Å². The third-order valence-corrected chi connectivity index (χ3v) is 2.30. The molecule has 0 radical (unpaired) electrons. The number of rotatable bonds is 8. The minimum Gasteiger partial charge on any atom is -0.466 e.